The van der Waals surface area contributed by atoms with Crippen LogP contribution in [0, 0.1) is 11.3 Å². The highest BCUT2D eigenvalue weighted by molar-refractivity contribution is 7.99. The minimum absolute atomic E-state index is 0.120. The predicted octanol–water partition coefficient (Wildman–Crippen LogP) is 2.32. The Labute approximate surface area is 138 Å². The van der Waals surface area contributed by atoms with Crippen molar-refractivity contribution in [2.75, 3.05) is 11.1 Å². The van der Waals surface area contributed by atoms with Crippen molar-refractivity contribution in [2.45, 2.75) is 24.9 Å². The molecule has 23 heavy (non-hydrogen) atoms. The Morgan fingerprint density at radius 2 is 2.26 bits per heavy atom. The third-order valence-corrected chi connectivity index (χ3v) is 3.77. The van der Waals surface area contributed by atoms with Gasteiger partial charge in [0.15, 0.2) is 5.16 Å². The SMILES string of the molecule is CCCc1cc(=O)[nH]c(SCC(=O)Nc2cccc(C#N)c2)n1. The maximum Gasteiger partial charge on any atom is 0.251 e. The lowest BCUT2D eigenvalue weighted by Crippen LogP contribution is -2.16. The predicted molar refractivity (Wildman–Crippen MR) is 89.4 cm³/mol. The molecule has 2 N–H and O–H groups in total. The molecule has 2 aromatic rings. The Kier molecular flexibility index (Phi) is 5.94. The Morgan fingerprint density at radius 1 is 1.43 bits per heavy atom. The van der Waals surface area contributed by atoms with E-state index < -0.39 is 0 Å². The molecular weight excluding hydrogens is 312 g/mol. The first-order valence-corrected chi connectivity index (χ1v) is 8.12. The third kappa shape index (κ3) is 5.27. The molecule has 6 nitrogen and oxygen atoms in total. The topological polar surface area (TPSA) is 98.6 Å². The van der Waals surface area contributed by atoms with Gasteiger partial charge in [0.05, 0.1) is 17.4 Å². The van der Waals surface area contributed by atoms with Crippen LogP contribution in [-0.4, -0.2) is 21.6 Å². The molecule has 0 aliphatic carbocycles. The average molecular weight is 328 g/mol. The number of thioether (sulfide) groups is 1. The second-order valence-electron chi connectivity index (χ2n) is 4.82. The summed E-state index contributed by atoms with van der Waals surface area (Å²) in [7, 11) is 0. The van der Waals surface area contributed by atoms with E-state index in [1.807, 2.05) is 13.0 Å². The van der Waals surface area contributed by atoms with Crippen molar-refractivity contribution in [1.29, 1.82) is 5.26 Å². The summed E-state index contributed by atoms with van der Waals surface area (Å²) in [6, 6.07) is 10.2. The van der Waals surface area contributed by atoms with Crippen molar-refractivity contribution in [3.8, 4) is 6.07 Å². The van der Waals surface area contributed by atoms with E-state index in [9.17, 15) is 9.59 Å². The van der Waals surface area contributed by atoms with Gasteiger partial charge in [0.25, 0.3) is 5.56 Å². The van der Waals surface area contributed by atoms with E-state index in [0.29, 0.717) is 16.4 Å². The van der Waals surface area contributed by atoms with E-state index in [-0.39, 0.29) is 17.2 Å². The molecule has 2 rings (SSSR count). The van der Waals surface area contributed by atoms with Crippen LogP contribution < -0.4 is 10.9 Å². The molecule has 7 heteroatoms. The van der Waals surface area contributed by atoms with E-state index in [0.717, 1.165) is 18.5 Å². The zero-order valence-corrected chi connectivity index (χ0v) is 13.4. The number of benzene rings is 1. The summed E-state index contributed by atoms with van der Waals surface area (Å²) >= 11 is 1.17. The van der Waals surface area contributed by atoms with Crippen molar-refractivity contribution in [3.63, 3.8) is 0 Å². The van der Waals surface area contributed by atoms with Gasteiger partial charge in [0.2, 0.25) is 5.91 Å². The van der Waals surface area contributed by atoms with Crippen molar-refractivity contribution < 1.29 is 4.79 Å². The van der Waals surface area contributed by atoms with Crippen LogP contribution in [0.25, 0.3) is 0 Å². The second-order valence-corrected chi connectivity index (χ2v) is 5.79. The first-order chi connectivity index (χ1) is 11.1. The van der Waals surface area contributed by atoms with Gasteiger partial charge >= 0.3 is 0 Å². The highest BCUT2D eigenvalue weighted by atomic mass is 32.2. The lowest BCUT2D eigenvalue weighted by Gasteiger charge is -2.06. The number of hydrogen-bond acceptors (Lipinski definition) is 5. The molecule has 0 aliphatic heterocycles. The van der Waals surface area contributed by atoms with E-state index >= 15 is 0 Å². The number of carbonyl (C=O) groups is 1. The summed E-state index contributed by atoms with van der Waals surface area (Å²) in [6.45, 7) is 2.01. The van der Waals surface area contributed by atoms with Crippen LogP contribution in [-0.2, 0) is 11.2 Å². The summed E-state index contributed by atoms with van der Waals surface area (Å²) in [5.74, 6) is -0.108. The molecule has 0 bridgehead atoms. The standard InChI is InChI=1S/C16H16N4O2S/c1-2-4-12-8-14(21)20-16(19-12)23-10-15(22)18-13-6-3-5-11(7-13)9-17/h3,5-8H,2,4,10H2,1H3,(H,18,22)(H,19,20,21). The molecular formula is C16H16N4O2S. The Morgan fingerprint density at radius 3 is 3.00 bits per heavy atom. The van der Waals surface area contributed by atoms with Crippen LogP contribution in [0.15, 0.2) is 40.3 Å². The molecule has 0 fully saturated rings. The number of amides is 1. The fourth-order valence-corrected chi connectivity index (χ4v) is 2.63. The number of aryl methyl sites for hydroxylation is 1. The van der Waals surface area contributed by atoms with Gasteiger partial charge in [0, 0.05) is 17.4 Å². The number of rotatable bonds is 6. The van der Waals surface area contributed by atoms with Crippen LogP contribution in [0.4, 0.5) is 5.69 Å². The second kappa shape index (κ2) is 8.15. The number of carbonyl (C=O) groups excluding carboxylic acids is 1. The summed E-state index contributed by atoms with van der Waals surface area (Å²) in [4.78, 5) is 30.4. The van der Waals surface area contributed by atoms with Crippen LogP contribution >= 0.6 is 11.8 Å². The lowest BCUT2D eigenvalue weighted by molar-refractivity contribution is -0.113. The van der Waals surface area contributed by atoms with Gasteiger partial charge in [-0.15, -0.1) is 0 Å². The largest absolute Gasteiger partial charge is 0.325 e. The summed E-state index contributed by atoms with van der Waals surface area (Å²) in [5, 5.41) is 12.0. The molecule has 0 saturated carbocycles. The van der Waals surface area contributed by atoms with Gasteiger partial charge in [-0.3, -0.25) is 9.59 Å². The van der Waals surface area contributed by atoms with Gasteiger partial charge in [-0.05, 0) is 24.6 Å². The molecule has 1 aromatic heterocycles. The number of aromatic amines is 1. The lowest BCUT2D eigenvalue weighted by atomic mass is 10.2. The zero-order chi connectivity index (χ0) is 16.7. The molecule has 0 saturated heterocycles. The first-order valence-electron chi connectivity index (χ1n) is 7.13. The van der Waals surface area contributed by atoms with E-state index in [2.05, 4.69) is 15.3 Å². The quantitative estimate of drug-likeness (QED) is 0.626. The fourth-order valence-electron chi connectivity index (χ4n) is 1.93. The number of nitriles is 1. The zero-order valence-electron chi connectivity index (χ0n) is 12.6. The number of anilines is 1. The molecule has 1 amide bonds. The molecule has 0 aliphatic rings. The highest BCUT2D eigenvalue weighted by Gasteiger charge is 2.07. The number of aromatic nitrogens is 2. The van der Waals surface area contributed by atoms with Crippen molar-refractivity contribution in [3.05, 3.63) is 51.9 Å². The normalized spacial score (nSPS) is 10.1. The Balaban J connectivity index is 1.96. The van der Waals surface area contributed by atoms with E-state index in [1.165, 1.54) is 17.8 Å². The van der Waals surface area contributed by atoms with Crippen LogP contribution in [0.3, 0.4) is 0 Å². The van der Waals surface area contributed by atoms with Gasteiger partial charge in [-0.1, -0.05) is 31.2 Å². The first kappa shape index (κ1) is 16.8. The highest BCUT2D eigenvalue weighted by Crippen LogP contribution is 2.14. The fraction of sp³-hybridized carbons (Fsp3) is 0.250. The van der Waals surface area contributed by atoms with Crippen LogP contribution in [0.2, 0.25) is 0 Å². The molecule has 1 aromatic carbocycles. The maximum absolute atomic E-state index is 11.9. The van der Waals surface area contributed by atoms with E-state index in [1.54, 1.807) is 24.3 Å². The van der Waals surface area contributed by atoms with Gasteiger partial charge < -0.3 is 10.3 Å². The molecule has 118 valence electrons. The van der Waals surface area contributed by atoms with Crippen molar-refractivity contribution in [2.24, 2.45) is 0 Å². The number of nitrogens with one attached hydrogen (secondary N) is 2. The minimum atomic E-state index is -0.228. The van der Waals surface area contributed by atoms with Crippen molar-refractivity contribution >= 4 is 23.4 Å². The number of hydrogen-bond donors (Lipinski definition) is 2. The smallest absolute Gasteiger partial charge is 0.251 e. The third-order valence-electron chi connectivity index (χ3n) is 2.89. The van der Waals surface area contributed by atoms with Crippen molar-refractivity contribution in [1.82, 2.24) is 9.97 Å². The summed E-state index contributed by atoms with van der Waals surface area (Å²) < 4.78 is 0. The summed E-state index contributed by atoms with van der Waals surface area (Å²) in [5.41, 5.74) is 1.55. The molecule has 1 heterocycles. The monoisotopic (exact) mass is 328 g/mol. The van der Waals surface area contributed by atoms with Gasteiger partial charge in [-0.2, -0.15) is 5.26 Å². The van der Waals surface area contributed by atoms with Gasteiger partial charge in [-0.25, -0.2) is 4.98 Å². The Hall–Kier alpha value is -2.59. The molecule has 0 spiro atoms. The maximum atomic E-state index is 11.9. The van der Waals surface area contributed by atoms with Crippen LogP contribution in [0.5, 0.6) is 0 Å². The Bertz CT molecular complexity index is 795. The number of H-pyrrole nitrogens is 1. The van der Waals surface area contributed by atoms with E-state index in [4.69, 9.17) is 5.26 Å². The number of nitrogens with zero attached hydrogens (tertiary/aromatic N) is 2. The molecule has 0 radical (unpaired) electrons. The van der Waals surface area contributed by atoms with Gasteiger partial charge in [0.1, 0.15) is 0 Å². The molecule has 0 atom stereocenters. The summed E-state index contributed by atoms with van der Waals surface area (Å²) in [6.07, 6.45) is 1.63. The molecule has 0 unspecified atom stereocenters. The average Bonchev–Trinajstić information content (AvgIpc) is 2.53. The minimum Gasteiger partial charge on any atom is -0.325 e. The van der Waals surface area contributed by atoms with Crippen LogP contribution in [0.1, 0.15) is 24.6 Å².